The molecule has 0 radical (unpaired) electrons. The smallest absolute Gasteiger partial charge is 0.251 e. The van der Waals surface area contributed by atoms with Crippen LogP contribution in [0.5, 0.6) is 17.2 Å². The molecule has 3 aromatic rings. The molecule has 3 aromatic carbocycles. The van der Waals surface area contributed by atoms with E-state index in [1.807, 2.05) is 24.3 Å². The zero-order chi connectivity index (χ0) is 28.7. The second-order valence-electron chi connectivity index (χ2n) is 10.8. The number of fused-ring (bicyclic) bond motifs is 7. The molecule has 210 valence electrons. The van der Waals surface area contributed by atoms with Gasteiger partial charge >= 0.3 is 0 Å². The highest BCUT2D eigenvalue weighted by molar-refractivity contribution is 6.31. The molecular formula is C31H28ClN3O6. The number of Topliss-reactive ketones (excluding diaryl/α,β-unsaturated/α-hetero) is 1. The van der Waals surface area contributed by atoms with Crippen molar-refractivity contribution in [2.45, 2.75) is 29.8 Å². The average molecular weight is 574 g/mol. The molecular weight excluding hydrogens is 546 g/mol. The Labute approximate surface area is 241 Å². The summed E-state index contributed by atoms with van der Waals surface area (Å²) < 4.78 is 16.6. The molecule has 2 saturated heterocycles. The topological polar surface area (TPSA) is 106 Å². The molecule has 0 unspecified atom stereocenters. The molecule has 4 aliphatic rings. The van der Waals surface area contributed by atoms with Crippen LogP contribution in [0.4, 0.5) is 11.4 Å². The molecule has 4 aliphatic heterocycles. The molecule has 0 saturated carbocycles. The predicted molar refractivity (Wildman–Crippen MR) is 152 cm³/mol. The quantitative estimate of drug-likeness (QED) is 0.436. The summed E-state index contributed by atoms with van der Waals surface area (Å²) in [4.78, 5) is 46.1. The Hall–Kier alpha value is -4.08. The number of halogens is 1. The number of methoxy groups -OCH3 is 3. The van der Waals surface area contributed by atoms with E-state index in [0.717, 1.165) is 6.42 Å². The fourth-order valence-corrected chi connectivity index (χ4v) is 8.13. The number of rotatable bonds is 5. The second-order valence-corrected chi connectivity index (χ2v) is 11.3. The molecule has 4 heterocycles. The largest absolute Gasteiger partial charge is 0.493 e. The van der Waals surface area contributed by atoms with E-state index >= 15 is 0 Å². The molecule has 2 N–H and O–H groups in total. The first-order valence-corrected chi connectivity index (χ1v) is 13.9. The van der Waals surface area contributed by atoms with Crippen molar-refractivity contribution in [3.8, 4) is 17.2 Å². The van der Waals surface area contributed by atoms with E-state index in [0.29, 0.717) is 63.3 Å². The summed E-state index contributed by atoms with van der Waals surface area (Å²) in [6, 6.07) is 15.4. The molecule has 4 atom stereocenters. The van der Waals surface area contributed by atoms with Gasteiger partial charge in [-0.1, -0.05) is 29.8 Å². The third kappa shape index (κ3) is 3.02. The lowest BCUT2D eigenvalue weighted by atomic mass is 9.57. The molecule has 41 heavy (non-hydrogen) atoms. The number of carbonyl (C=O) groups excluding carboxylic acids is 3. The summed E-state index contributed by atoms with van der Waals surface area (Å²) in [5.74, 6) is -0.912. The molecule has 2 fully saturated rings. The number of hydrogen-bond donors (Lipinski definition) is 2. The molecule has 0 bridgehead atoms. The van der Waals surface area contributed by atoms with Crippen LogP contribution in [0.15, 0.2) is 54.6 Å². The monoisotopic (exact) mass is 573 g/mol. The molecule has 7 rings (SSSR count). The number of nitrogens with one attached hydrogen (secondary N) is 2. The van der Waals surface area contributed by atoms with E-state index < -0.39 is 22.9 Å². The maximum absolute atomic E-state index is 15.0. The van der Waals surface area contributed by atoms with Crippen LogP contribution in [0.25, 0.3) is 0 Å². The minimum atomic E-state index is -1.58. The standard InChI is InChI=1S/C31H28ClN3O6/c1-39-23-13-16(14-24(40-2)27(23)41-3)26(36)25-22-9-6-12-35(22)31(19-15-17(32)10-11-21(19)34-29(31)38)30(25)18-7-4-5-8-20(18)33-28(30)37/h4-5,7-8,10-11,13-15,22,25H,6,9,12H2,1-3H3,(H,33,37)(H,34,38)/t22-,25-,30+,31-/m1/s1. The van der Waals surface area contributed by atoms with Gasteiger partial charge in [-0.2, -0.15) is 0 Å². The Morgan fingerprint density at radius 2 is 1.59 bits per heavy atom. The first-order chi connectivity index (χ1) is 19.8. The highest BCUT2D eigenvalue weighted by Crippen LogP contribution is 2.68. The zero-order valence-corrected chi connectivity index (χ0v) is 23.5. The molecule has 2 amide bonds. The van der Waals surface area contributed by atoms with Gasteiger partial charge in [-0.25, -0.2) is 0 Å². The maximum Gasteiger partial charge on any atom is 0.251 e. The lowest BCUT2D eigenvalue weighted by Crippen LogP contribution is -2.62. The number of nitrogens with zero attached hydrogens (tertiary/aromatic N) is 1. The van der Waals surface area contributed by atoms with Gasteiger partial charge in [-0.15, -0.1) is 0 Å². The van der Waals surface area contributed by atoms with Gasteiger partial charge in [0.2, 0.25) is 11.7 Å². The van der Waals surface area contributed by atoms with Crippen LogP contribution in [0.1, 0.15) is 34.3 Å². The fourth-order valence-electron chi connectivity index (χ4n) is 7.95. The third-order valence-electron chi connectivity index (χ3n) is 9.29. The predicted octanol–water partition coefficient (Wildman–Crippen LogP) is 4.38. The third-order valence-corrected chi connectivity index (χ3v) is 9.53. The van der Waals surface area contributed by atoms with Crippen LogP contribution in [-0.2, 0) is 20.5 Å². The van der Waals surface area contributed by atoms with Gasteiger partial charge in [0.25, 0.3) is 5.91 Å². The first-order valence-electron chi connectivity index (χ1n) is 13.5. The van der Waals surface area contributed by atoms with Gasteiger partial charge in [0.1, 0.15) is 11.0 Å². The summed E-state index contributed by atoms with van der Waals surface area (Å²) in [6.07, 6.45) is 1.41. The van der Waals surface area contributed by atoms with Crippen molar-refractivity contribution in [2.24, 2.45) is 5.92 Å². The molecule has 2 spiro atoms. The summed E-state index contributed by atoms with van der Waals surface area (Å²) in [6.45, 7) is 0.542. The number of ketones is 1. The van der Waals surface area contributed by atoms with Crippen LogP contribution in [-0.4, -0.2) is 56.4 Å². The Balaban J connectivity index is 1.55. The van der Waals surface area contributed by atoms with Crippen molar-refractivity contribution in [1.29, 1.82) is 0 Å². The number of hydrogen-bond acceptors (Lipinski definition) is 7. The van der Waals surface area contributed by atoms with Crippen molar-refractivity contribution in [3.05, 3.63) is 76.3 Å². The summed E-state index contributed by atoms with van der Waals surface area (Å²) >= 11 is 6.53. The minimum absolute atomic E-state index is 0.284. The molecule has 9 nitrogen and oxygen atoms in total. The van der Waals surface area contributed by atoms with Crippen molar-refractivity contribution in [3.63, 3.8) is 0 Å². The Morgan fingerprint density at radius 1 is 0.902 bits per heavy atom. The van der Waals surface area contributed by atoms with Crippen molar-refractivity contribution in [2.75, 3.05) is 38.5 Å². The second kappa shape index (κ2) is 8.96. The van der Waals surface area contributed by atoms with Gasteiger partial charge in [0.15, 0.2) is 17.3 Å². The number of amides is 2. The summed E-state index contributed by atoms with van der Waals surface area (Å²) in [5, 5.41) is 6.51. The Morgan fingerprint density at radius 3 is 2.29 bits per heavy atom. The van der Waals surface area contributed by atoms with Gasteiger partial charge in [-0.3, -0.25) is 19.3 Å². The lowest BCUT2D eigenvalue weighted by Gasteiger charge is -2.43. The molecule has 0 aromatic heterocycles. The highest BCUT2D eigenvalue weighted by atomic mass is 35.5. The van der Waals surface area contributed by atoms with E-state index in [1.54, 1.807) is 30.3 Å². The van der Waals surface area contributed by atoms with Crippen molar-refractivity contribution >= 4 is 40.6 Å². The number of ether oxygens (including phenoxy) is 3. The summed E-state index contributed by atoms with van der Waals surface area (Å²) in [5.41, 5.74) is -0.374. The van der Waals surface area contributed by atoms with Crippen LogP contribution in [0.2, 0.25) is 5.02 Å². The Bertz CT molecular complexity index is 1630. The van der Waals surface area contributed by atoms with Gasteiger partial charge in [0, 0.05) is 33.6 Å². The average Bonchev–Trinajstić information content (AvgIpc) is 3.70. The SMILES string of the molecule is COc1cc(C(=O)[C@H]2[C@H]3CCCN3[C@]3(C(=O)Nc4ccc(Cl)cc43)[C@]23C(=O)Nc2ccccc23)cc(OC)c1OC. The van der Waals surface area contributed by atoms with E-state index in [9.17, 15) is 14.4 Å². The van der Waals surface area contributed by atoms with Crippen LogP contribution >= 0.6 is 11.6 Å². The minimum Gasteiger partial charge on any atom is -0.493 e. The lowest BCUT2D eigenvalue weighted by molar-refractivity contribution is -0.137. The Kier molecular flexibility index (Phi) is 5.65. The number of carbonyl (C=O) groups is 3. The van der Waals surface area contributed by atoms with Crippen LogP contribution < -0.4 is 24.8 Å². The van der Waals surface area contributed by atoms with E-state index in [4.69, 9.17) is 25.8 Å². The van der Waals surface area contributed by atoms with Gasteiger partial charge < -0.3 is 24.8 Å². The maximum atomic E-state index is 15.0. The molecule has 0 aliphatic carbocycles. The van der Waals surface area contributed by atoms with Crippen LogP contribution in [0, 0.1) is 5.92 Å². The van der Waals surface area contributed by atoms with Crippen molar-refractivity contribution in [1.82, 2.24) is 4.90 Å². The number of anilines is 2. The molecule has 10 heteroatoms. The zero-order valence-electron chi connectivity index (χ0n) is 22.7. The number of para-hydroxylation sites is 1. The first kappa shape index (κ1) is 25.9. The van der Waals surface area contributed by atoms with E-state index in [2.05, 4.69) is 15.5 Å². The highest BCUT2D eigenvalue weighted by Gasteiger charge is 2.81. The summed E-state index contributed by atoms with van der Waals surface area (Å²) in [7, 11) is 4.47. The number of benzene rings is 3. The van der Waals surface area contributed by atoms with Gasteiger partial charge in [0.05, 0.1) is 27.2 Å². The van der Waals surface area contributed by atoms with E-state index in [-0.39, 0.29) is 17.6 Å². The van der Waals surface area contributed by atoms with Crippen molar-refractivity contribution < 1.29 is 28.6 Å². The normalized spacial score (nSPS) is 27.4. The van der Waals surface area contributed by atoms with E-state index in [1.165, 1.54) is 21.3 Å². The fraction of sp³-hybridized carbons (Fsp3) is 0.323. The van der Waals surface area contributed by atoms with Crippen LogP contribution in [0.3, 0.4) is 0 Å². The van der Waals surface area contributed by atoms with Gasteiger partial charge in [-0.05, 0) is 61.3 Å².